The first-order chi connectivity index (χ1) is 15.0. The molecule has 0 radical (unpaired) electrons. The van der Waals surface area contributed by atoms with Crippen molar-refractivity contribution in [1.82, 2.24) is 44.9 Å². The van der Waals surface area contributed by atoms with Crippen molar-refractivity contribution in [1.29, 1.82) is 0 Å². The predicted molar refractivity (Wildman–Crippen MR) is 105 cm³/mol. The molecule has 0 aliphatic rings. The molecular weight excluding hydrogens is 433 g/mol. The zero-order valence-electron chi connectivity index (χ0n) is 17.4. The number of methoxy groups -OCH3 is 6. The van der Waals surface area contributed by atoms with Crippen LogP contribution >= 0.6 is 7.92 Å². The highest BCUT2D eigenvalue weighted by Gasteiger charge is 2.31. The average Bonchev–Trinajstić information content (AvgIpc) is 2.83. The van der Waals surface area contributed by atoms with Gasteiger partial charge in [-0.1, -0.05) is 0 Å². The summed E-state index contributed by atoms with van der Waals surface area (Å²) < 4.78 is 31.0. The summed E-state index contributed by atoms with van der Waals surface area (Å²) in [6, 6.07) is 0.0573. The highest BCUT2D eigenvalue weighted by Crippen LogP contribution is 2.31. The Morgan fingerprint density at radius 1 is 0.355 bits per heavy atom. The Kier molecular flexibility index (Phi) is 6.97. The van der Waals surface area contributed by atoms with Gasteiger partial charge < -0.3 is 28.4 Å². The number of nitrogens with zero attached hydrogens (tertiary/aromatic N) is 9. The van der Waals surface area contributed by atoms with Crippen LogP contribution in [0.4, 0.5) is 0 Å². The normalized spacial score (nSPS) is 10.5. The molecule has 0 aliphatic carbocycles. The van der Waals surface area contributed by atoms with E-state index in [1.807, 2.05) is 0 Å². The first-order valence-electron chi connectivity index (χ1n) is 8.37. The first-order valence-corrected chi connectivity index (χ1v) is 9.71. The fourth-order valence-electron chi connectivity index (χ4n) is 2.10. The molecule has 3 aromatic rings. The lowest BCUT2D eigenvalue weighted by Gasteiger charge is -2.15. The van der Waals surface area contributed by atoms with Crippen LogP contribution in [0, 0.1) is 0 Å². The van der Waals surface area contributed by atoms with Gasteiger partial charge in [0.1, 0.15) is 7.92 Å². The summed E-state index contributed by atoms with van der Waals surface area (Å²) in [7, 11) is 6.60. The molecule has 0 fully saturated rings. The van der Waals surface area contributed by atoms with Crippen molar-refractivity contribution in [2.45, 2.75) is 0 Å². The van der Waals surface area contributed by atoms with E-state index < -0.39 is 7.92 Å². The molecule has 15 nitrogen and oxygen atoms in total. The number of ether oxygens (including phenoxy) is 6. The van der Waals surface area contributed by atoms with E-state index in [2.05, 4.69) is 44.9 Å². The number of rotatable bonds is 9. The molecule has 31 heavy (non-hydrogen) atoms. The molecule has 0 bridgehead atoms. The second-order valence-electron chi connectivity index (χ2n) is 5.16. The Labute approximate surface area is 177 Å². The van der Waals surface area contributed by atoms with E-state index in [-0.39, 0.29) is 52.8 Å². The van der Waals surface area contributed by atoms with Crippen LogP contribution in [0.3, 0.4) is 0 Å². The lowest BCUT2D eigenvalue weighted by atomic mass is 10.9. The fraction of sp³-hybridized carbons (Fsp3) is 0.400. The smallest absolute Gasteiger partial charge is 0.322 e. The molecule has 0 atom stereocenters. The van der Waals surface area contributed by atoms with E-state index in [0.717, 1.165) is 0 Å². The summed E-state index contributed by atoms with van der Waals surface area (Å²) in [5.41, 5.74) is 0.512. The van der Waals surface area contributed by atoms with Crippen molar-refractivity contribution in [3.05, 3.63) is 0 Å². The van der Waals surface area contributed by atoms with Crippen molar-refractivity contribution in [3.63, 3.8) is 0 Å². The van der Waals surface area contributed by atoms with Gasteiger partial charge in [0.2, 0.25) is 0 Å². The van der Waals surface area contributed by atoms with Crippen LogP contribution in [0.2, 0.25) is 0 Å². The highest BCUT2D eigenvalue weighted by molar-refractivity contribution is 7.78. The minimum absolute atomic E-state index is 0.00956. The third kappa shape index (κ3) is 4.88. The SMILES string of the molecule is COc1nc(OC)nc(P(c2nc(OC)nc(OC)n2)c2nc(OC)nc(OC)n2)n1. The summed E-state index contributed by atoms with van der Waals surface area (Å²) >= 11 is 0. The van der Waals surface area contributed by atoms with Gasteiger partial charge in [0.05, 0.1) is 42.7 Å². The Balaban J connectivity index is 2.30. The Bertz CT molecular complexity index is 861. The van der Waals surface area contributed by atoms with E-state index in [9.17, 15) is 0 Å². The summed E-state index contributed by atoms with van der Waals surface area (Å²) in [5, 5.41) is 0. The van der Waals surface area contributed by atoms with Crippen molar-refractivity contribution < 1.29 is 28.4 Å². The number of hydrogen-bond acceptors (Lipinski definition) is 15. The van der Waals surface area contributed by atoms with Crippen LogP contribution in [0.5, 0.6) is 36.1 Å². The minimum atomic E-state index is -1.84. The molecule has 164 valence electrons. The van der Waals surface area contributed by atoms with Gasteiger partial charge in [0.15, 0.2) is 16.7 Å². The monoisotopic (exact) mass is 451 g/mol. The van der Waals surface area contributed by atoms with Crippen LogP contribution in [-0.4, -0.2) is 87.5 Å². The van der Waals surface area contributed by atoms with Crippen LogP contribution in [-0.2, 0) is 0 Å². The van der Waals surface area contributed by atoms with Crippen LogP contribution < -0.4 is 45.1 Å². The van der Waals surface area contributed by atoms with E-state index >= 15 is 0 Å². The summed E-state index contributed by atoms with van der Waals surface area (Å²) in [6.07, 6.45) is 0. The van der Waals surface area contributed by atoms with Crippen molar-refractivity contribution in [2.24, 2.45) is 0 Å². The van der Waals surface area contributed by atoms with Gasteiger partial charge in [-0.2, -0.15) is 29.9 Å². The minimum Gasteiger partial charge on any atom is -0.467 e. The van der Waals surface area contributed by atoms with Crippen LogP contribution in [0.1, 0.15) is 0 Å². The Morgan fingerprint density at radius 3 is 0.710 bits per heavy atom. The van der Waals surface area contributed by atoms with Crippen molar-refractivity contribution >= 4 is 24.6 Å². The number of aromatic nitrogens is 9. The molecule has 0 unspecified atom stereocenters. The quantitative estimate of drug-likeness (QED) is 0.328. The van der Waals surface area contributed by atoms with Crippen LogP contribution in [0.25, 0.3) is 0 Å². The molecule has 0 saturated heterocycles. The fourth-order valence-corrected chi connectivity index (χ4v) is 3.75. The molecule has 3 rings (SSSR count). The lowest BCUT2D eigenvalue weighted by Crippen LogP contribution is -2.33. The van der Waals surface area contributed by atoms with E-state index in [0.29, 0.717) is 0 Å². The molecule has 16 heteroatoms. The van der Waals surface area contributed by atoms with Gasteiger partial charge in [0, 0.05) is 0 Å². The lowest BCUT2D eigenvalue weighted by molar-refractivity contribution is 0.342. The largest absolute Gasteiger partial charge is 0.467 e. The molecular formula is C15H18N9O6P. The predicted octanol–water partition coefficient (Wildman–Crippen LogP) is -1.95. The maximum atomic E-state index is 5.16. The molecule has 0 aromatic carbocycles. The maximum absolute atomic E-state index is 5.16. The third-order valence-corrected chi connectivity index (χ3v) is 5.24. The van der Waals surface area contributed by atoms with Crippen molar-refractivity contribution in [2.75, 3.05) is 42.7 Å². The van der Waals surface area contributed by atoms with Crippen LogP contribution in [0.15, 0.2) is 0 Å². The zero-order chi connectivity index (χ0) is 22.4. The first kappa shape index (κ1) is 22.0. The highest BCUT2D eigenvalue weighted by atomic mass is 31.1. The second kappa shape index (κ2) is 9.84. The van der Waals surface area contributed by atoms with E-state index in [4.69, 9.17) is 28.4 Å². The van der Waals surface area contributed by atoms with Crippen molar-refractivity contribution in [3.8, 4) is 36.1 Å². The molecule has 0 N–H and O–H groups in total. The average molecular weight is 451 g/mol. The second-order valence-corrected chi connectivity index (χ2v) is 7.03. The topological polar surface area (TPSA) is 171 Å². The van der Waals surface area contributed by atoms with Gasteiger partial charge in [-0.15, -0.1) is 15.0 Å². The van der Waals surface area contributed by atoms with Gasteiger partial charge >= 0.3 is 36.1 Å². The number of hydrogen-bond donors (Lipinski definition) is 0. The standard InChI is InChI=1S/C15H18N9O6P/c1-25-7-16-8(26-2)20-13(19-7)31(14-21-9(27-3)17-10(22-14)28-4)15-23-11(29-5)18-12(24-15)30-6/h1-6H3. The van der Waals surface area contributed by atoms with Gasteiger partial charge in [0.25, 0.3) is 0 Å². The molecule has 0 aliphatic heterocycles. The van der Waals surface area contributed by atoms with Gasteiger partial charge in [-0.05, 0) is 0 Å². The van der Waals surface area contributed by atoms with E-state index in [1.54, 1.807) is 0 Å². The summed E-state index contributed by atoms with van der Waals surface area (Å²) in [6.45, 7) is 0. The molecule has 0 spiro atoms. The summed E-state index contributed by atoms with van der Waals surface area (Å²) in [4.78, 5) is 37.9. The summed E-state index contributed by atoms with van der Waals surface area (Å²) in [5.74, 6) is 0. The third-order valence-electron chi connectivity index (χ3n) is 3.44. The molecule has 3 aromatic heterocycles. The Morgan fingerprint density at radius 2 is 0.548 bits per heavy atom. The maximum Gasteiger partial charge on any atom is 0.322 e. The Hall–Kier alpha value is -3.74. The zero-order valence-corrected chi connectivity index (χ0v) is 18.3. The van der Waals surface area contributed by atoms with E-state index in [1.165, 1.54) is 42.7 Å². The van der Waals surface area contributed by atoms with Gasteiger partial charge in [-0.3, -0.25) is 0 Å². The molecule has 0 saturated carbocycles. The molecule has 3 heterocycles. The molecule has 0 amide bonds. The van der Waals surface area contributed by atoms with Gasteiger partial charge in [-0.25, -0.2) is 0 Å².